The first-order chi connectivity index (χ1) is 28.3. The van der Waals surface area contributed by atoms with Crippen molar-refractivity contribution in [2.75, 3.05) is 0 Å². The summed E-state index contributed by atoms with van der Waals surface area (Å²) in [7, 11) is 0. The predicted molar refractivity (Wildman–Crippen MR) is 230 cm³/mol. The maximum Gasteiger partial charge on any atom is 0.127 e. The molecular formula is C54H51NO2. The van der Waals surface area contributed by atoms with Gasteiger partial charge in [0.2, 0.25) is 0 Å². The van der Waals surface area contributed by atoms with Gasteiger partial charge >= 0.3 is 0 Å². The van der Waals surface area contributed by atoms with Crippen molar-refractivity contribution in [3.05, 3.63) is 194 Å². The first-order valence-electron chi connectivity index (χ1n) is 22.0. The maximum absolute atomic E-state index is 7.01. The van der Waals surface area contributed by atoms with Crippen LogP contribution in [0, 0.1) is 23.7 Å². The second kappa shape index (κ2) is 13.7. The average molecular weight is 746 g/mol. The molecule has 57 heavy (non-hydrogen) atoms. The number of nitrogens with zero attached hydrogens (tertiary/aromatic N) is 1. The van der Waals surface area contributed by atoms with Gasteiger partial charge in [-0.05, 0) is 133 Å². The fraction of sp³-hybridized carbons (Fsp3) is 0.333. The van der Waals surface area contributed by atoms with Crippen LogP contribution < -0.4 is 10.4 Å². The number of hydrogen-bond acceptors (Lipinski definition) is 3. The highest BCUT2D eigenvalue weighted by Gasteiger charge is 2.47. The molecule has 284 valence electrons. The number of hydrogen-bond donors (Lipinski definition) is 0. The third-order valence-corrected chi connectivity index (χ3v) is 14.6. The standard InChI is InChI=1S/C54H51NO2/c1-2-13-35(14-3-1)41-22-12-23-45-47-31-36(27-30-51(47)56-53(41)45)34-25-28-39(29-26-34)55(48-32-37-15-4-6-17-40(37)43-19-8-9-20-44(43)48)49-33-38-16-5-7-18-42(38)54-52(49)46-21-10-11-24-50(46)57-54/h1-3,5-6,8-9,13-14,16-17,19-20,22,25,27-31,33-34,37,47,49,51-52H,4,7,10-12,15,18,21,23-24,26,32H2. The molecule has 0 amide bonds. The summed E-state index contributed by atoms with van der Waals surface area (Å²) in [4.78, 5) is 2.81. The van der Waals surface area contributed by atoms with E-state index in [0.717, 1.165) is 63.5 Å². The van der Waals surface area contributed by atoms with Crippen LogP contribution in [0.15, 0.2) is 178 Å². The summed E-state index contributed by atoms with van der Waals surface area (Å²) in [6.45, 7) is 0. The summed E-state index contributed by atoms with van der Waals surface area (Å²) in [6.07, 6.45) is 43.0. The molecule has 12 rings (SSSR count). The molecule has 2 aromatic carbocycles. The summed E-state index contributed by atoms with van der Waals surface area (Å²) in [5, 5.41) is 2.83. The summed E-state index contributed by atoms with van der Waals surface area (Å²) in [5.41, 5.74) is 14.2. The Kier molecular flexibility index (Phi) is 8.12. The Hall–Kier alpha value is -5.28. The van der Waals surface area contributed by atoms with E-state index in [4.69, 9.17) is 9.47 Å². The lowest BCUT2D eigenvalue weighted by atomic mass is 9.74. The summed E-state index contributed by atoms with van der Waals surface area (Å²) >= 11 is 0. The Morgan fingerprint density at radius 1 is 0.719 bits per heavy atom. The van der Waals surface area contributed by atoms with E-state index in [0.29, 0.717) is 17.8 Å². The molecule has 0 N–H and O–H groups in total. The van der Waals surface area contributed by atoms with Crippen LogP contribution >= 0.6 is 0 Å². The SMILES string of the molecule is C1=CC2=CC(N(C3=CCC(C4=CC5C6=C(OC5C=C4)C(c4ccccc4)=CCC6)C=C3)C3=c4ccccc4=C4C=CCCC4C3)C3C4=C(CCCC4)OC3=C2CC1. The Morgan fingerprint density at radius 2 is 1.60 bits per heavy atom. The Bertz CT molecular complexity index is 2560. The van der Waals surface area contributed by atoms with E-state index < -0.39 is 0 Å². The van der Waals surface area contributed by atoms with Crippen LogP contribution in [0.5, 0.6) is 0 Å². The smallest absolute Gasteiger partial charge is 0.127 e. The molecular weight excluding hydrogens is 695 g/mol. The number of benzene rings is 2. The molecule has 0 aromatic heterocycles. The summed E-state index contributed by atoms with van der Waals surface area (Å²) in [5.74, 6) is 5.13. The van der Waals surface area contributed by atoms with E-state index in [-0.39, 0.29) is 18.1 Å². The van der Waals surface area contributed by atoms with Gasteiger partial charge in [-0.25, -0.2) is 0 Å². The molecule has 3 nitrogen and oxygen atoms in total. The topological polar surface area (TPSA) is 21.7 Å². The number of fused-ring (bicyclic) bond motifs is 7. The normalized spacial score (nSPS) is 30.5. The Balaban J connectivity index is 0.940. The van der Waals surface area contributed by atoms with Gasteiger partial charge in [0.25, 0.3) is 0 Å². The monoisotopic (exact) mass is 745 g/mol. The van der Waals surface area contributed by atoms with Crippen LogP contribution in [-0.4, -0.2) is 17.0 Å². The predicted octanol–water partition coefficient (Wildman–Crippen LogP) is 11.1. The lowest BCUT2D eigenvalue weighted by molar-refractivity contribution is 0.175. The molecule has 2 aromatic rings. The van der Waals surface area contributed by atoms with Crippen LogP contribution in [0.25, 0.3) is 16.8 Å². The van der Waals surface area contributed by atoms with Crippen molar-refractivity contribution in [2.45, 2.75) is 89.2 Å². The van der Waals surface area contributed by atoms with Crippen molar-refractivity contribution in [1.29, 1.82) is 0 Å². The Morgan fingerprint density at radius 3 is 2.51 bits per heavy atom. The molecule has 3 heteroatoms. The first-order valence-corrected chi connectivity index (χ1v) is 22.0. The lowest BCUT2D eigenvalue weighted by Gasteiger charge is -2.44. The fourth-order valence-corrected chi connectivity index (χ4v) is 11.9. The number of ether oxygens (including phenoxy) is 2. The second-order valence-electron chi connectivity index (χ2n) is 17.7. The van der Waals surface area contributed by atoms with Gasteiger partial charge in [-0.3, -0.25) is 0 Å². The van der Waals surface area contributed by atoms with Gasteiger partial charge in [0.1, 0.15) is 23.4 Å². The van der Waals surface area contributed by atoms with Crippen LogP contribution in [0.4, 0.5) is 0 Å². The highest BCUT2D eigenvalue weighted by atomic mass is 16.5. The van der Waals surface area contributed by atoms with Crippen LogP contribution in [-0.2, 0) is 9.47 Å². The van der Waals surface area contributed by atoms with Crippen molar-refractivity contribution in [1.82, 2.24) is 4.90 Å². The zero-order valence-corrected chi connectivity index (χ0v) is 32.8. The number of rotatable bonds is 5. The zero-order chi connectivity index (χ0) is 37.5. The highest BCUT2D eigenvalue weighted by Crippen LogP contribution is 2.53. The summed E-state index contributed by atoms with van der Waals surface area (Å²) in [6, 6.07) is 20.2. The average Bonchev–Trinajstić information content (AvgIpc) is 3.86. The van der Waals surface area contributed by atoms with Crippen molar-refractivity contribution < 1.29 is 9.47 Å². The van der Waals surface area contributed by atoms with Gasteiger partial charge in [-0.2, -0.15) is 0 Å². The molecule has 0 bridgehead atoms. The molecule has 0 fully saturated rings. The molecule has 6 atom stereocenters. The van der Waals surface area contributed by atoms with Crippen LogP contribution in [0.2, 0.25) is 0 Å². The van der Waals surface area contributed by atoms with Gasteiger partial charge in [-0.15, -0.1) is 0 Å². The zero-order valence-electron chi connectivity index (χ0n) is 32.8. The largest absolute Gasteiger partial charge is 0.485 e. The van der Waals surface area contributed by atoms with Crippen molar-refractivity contribution in [3.63, 3.8) is 0 Å². The summed E-state index contributed by atoms with van der Waals surface area (Å²) < 4.78 is 13.8. The number of allylic oxidation sites excluding steroid dienone is 14. The van der Waals surface area contributed by atoms with E-state index in [9.17, 15) is 0 Å². The quantitative estimate of drug-likeness (QED) is 0.304. The van der Waals surface area contributed by atoms with E-state index in [1.165, 1.54) is 91.6 Å². The lowest BCUT2D eigenvalue weighted by Crippen LogP contribution is -2.47. The molecule has 8 aliphatic carbocycles. The molecule has 10 aliphatic rings. The van der Waals surface area contributed by atoms with Crippen LogP contribution in [0.3, 0.4) is 0 Å². The van der Waals surface area contributed by atoms with Gasteiger partial charge < -0.3 is 14.4 Å². The molecule has 0 saturated carbocycles. The molecule has 2 heterocycles. The van der Waals surface area contributed by atoms with Gasteiger partial charge in [0, 0.05) is 40.4 Å². The fourth-order valence-electron chi connectivity index (χ4n) is 11.9. The van der Waals surface area contributed by atoms with Gasteiger partial charge in [0.15, 0.2) is 0 Å². The van der Waals surface area contributed by atoms with E-state index >= 15 is 0 Å². The first kappa shape index (κ1) is 33.8. The van der Waals surface area contributed by atoms with Crippen molar-refractivity contribution in [3.8, 4) is 0 Å². The van der Waals surface area contributed by atoms with Gasteiger partial charge in [-0.1, -0.05) is 115 Å². The van der Waals surface area contributed by atoms with E-state index in [1.54, 1.807) is 5.57 Å². The minimum absolute atomic E-state index is 0.0881. The molecule has 0 spiro atoms. The van der Waals surface area contributed by atoms with E-state index in [2.05, 4.69) is 132 Å². The second-order valence-corrected chi connectivity index (χ2v) is 17.7. The third kappa shape index (κ3) is 5.52. The molecule has 0 radical (unpaired) electrons. The maximum atomic E-state index is 7.01. The minimum Gasteiger partial charge on any atom is -0.485 e. The molecule has 0 saturated heterocycles. The molecule has 6 unspecified atom stereocenters. The van der Waals surface area contributed by atoms with Crippen molar-refractivity contribution >= 4 is 16.8 Å². The third-order valence-electron chi connectivity index (χ3n) is 14.6. The highest BCUT2D eigenvalue weighted by molar-refractivity contribution is 5.80. The van der Waals surface area contributed by atoms with Gasteiger partial charge in [0.05, 0.1) is 12.0 Å². The van der Waals surface area contributed by atoms with Crippen LogP contribution in [0.1, 0.15) is 82.6 Å². The minimum atomic E-state index is 0.0881. The van der Waals surface area contributed by atoms with E-state index in [1.807, 2.05) is 0 Å². The molecule has 2 aliphatic heterocycles. The Labute approximate surface area is 337 Å². The van der Waals surface area contributed by atoms with Crippen molar-refractivity contribution in [2.24, 2.45) is 23.7 Å².